The van der Waals surface area contributed by atoms with Crippen LogP contribution in [0, 0.1) is 12.8 Å². The first-order valence-corrected chi connectivity index (χ1v) is 10.9. The van der Waals surface area contributed by atoms with Crippen molar-refractivity contribution < 1.29 is 4.74 Å². The van der Waals surface area contributed by atoms with Crippen LogP contribution in [0.1, 0.15) is 58.2 Å². The van der Waals surface area contributed by atoms with Crippen LogP contribution >= 0.6 is 0 Å². The third kappa shape index (κ3) is 7.32. The molecule has 6 nitrogen and oxygen atoms in total. The summed E-state index contributed by atoms with van der Waals surface area (Å²) in [4.78, 5) is 15.1. The van der Waals surface area contributed by atoms with Gasteiger partial charge in [-0.25, -0.2) is 15.0 Å². The number of pyridine rings is 1. The maximum absolute atomic E-state index is 4.91. The molecular formula is C24H39N5O. The van der Waals surface area contributed by atoms with Crippen LogP contribution in [0.5, 0.6) is 5.88 Å². The van der Waals surface area contributed by atoms with E-state index in [1.54, 1.807) is 19.6 Å². The van der Waals surface area contributed by atoms with Crippen LogP contribution in [0.4, 0.5) is 11.5 Å². The Morgan fingerprint density at radius 3 is 2.50 bits per heavy atom. The largest absolute Gasteiger partial charge is 0.481 e. The van der Waals surface area contributed by atoms with Gasteiger partial charge in [-0.1, -0.05) is 39.8 Å². The molecule has 0 saturated heterocycles. The maximum Gasteiger partial charge on any atom is 0.214 e. The number of aromatic nitrogens is 3. The molecule has 1 fully saturated rings. The second-order valence-electron chi connectivity index (χ2n) is 7.19. The van der Waals surface area contributed by atoms with Crippen LogP contribution in [-0.2, 0) is 0 Å². The van der Waals surface area contributed by atoms with Crippen molar-refractivity contribution in [1.29, 1.82) is 0 Å². The van der Waals surface area contributed by atoms with Crippen molar-refractivity contribution in [1.82, 2.24) is 15.0 Å². The van der Waals surface area contributed by atoms with Crippen LogP contribution in [0.25, 0.3) is 6.08 Å². The molecule has 0 amide bonds. The second-order valence-corrected chi connectivity index (χ2v) is 7.19. The highest BCUT2D eigenvalue weighted by molar-refractivity contribution is 5.65. The Labute approximate surface area is 182 Å². The van der Waals surface area contributed by atoms with E-state index in [0.29, 0.717) is 11.9 Å². The number of ether oxygens (including phenoxy) is 1. The summed E-state index contributed by atoms with van der Waals surface area (Å²) in [7, 11) is 5.61. The molecule has 0 unspecified atom stereocenters. The third-order valence-corrected chi connectivity index (χ3v) is 5.05. The normalized spacial score (nSPS) is 17.1. The van der Waals surface area contributed by atoms with Crippen LogP contribution in [0.2, 0.25) is 0 Å². The van der Waals surface area contributed by atoms with E-state index in [1.165, 1.54) is 18.4 Å². The molecule has 6 heteroatoms. The predicted octanol–water partition coefficient (Wildman–Crippen LogP) is 5.60. The van der Waals surface area contributed by atoms with Crippen molar-refractivity contribution in [2.75, 3.05) is 31.4 Å². The van der Waals surface area contributed by atoms with Gasteiger partial charge in [0.25, 0.3) is 0 Å². The van der Waals surface area contributed by atoms with Gasteiger partial charge in [0, 0.05) is 43.7 Å². The Kier molecular flexibility index (Phi) is 11.5. The molecule has 1 saturated carbocycles. The van der Waals surface area contributed by atoms with Gasteiger partial charge >= 0.3 is 0 Å². The molecule has 0 spiro atoms. The maximum atomic E-state index is 4.91. The molecule has 0 bridgehead atoms. The van der Waals surface area contributed by atoms with Crippen LogP contribution < -0.4 is 15.0 Å². The van der Waals surface area contributed by atoms with Crippen LogP contribution in [0.15, 0.2) is 30.7 Å². The van der Waals surface area contributed by atoms with Gasteiger partial charge in [0.05, 0.1) is 12.8 Å². The van der Waals surface area contributed by atoms with Crippen molar-refractivity contribution in [3.63, 3.8) is 0 Å². The molecule has 0 radical (unpaired) electrons. The lowest BCUT2D eigenvalue weighted by atomic mass is 9.81. The highest BCUT2D eigenvalue weighted by Crippen LogP contribution is 2.34. The summed E-state index contributed by atoms with van der Waals surface area (Å²) in [5.74, 6) is 2.56. The lowest BCUT2D eigenvalue weighted by molar-refractivity contribution is 0.280. The number of methoxy groups -OCH3 is 1. The molecule has 3 rings (SSSR count). The van der Waals surface area contributed by atoms with E-state index in [4.69, 9.17) is 4.74 Å². The van der Waals surface area contributed by atoms with E-state index in [-0.39, 0.29) is 0 Å². The summed E-state index contributed by atoms with van der Waals surface area (Å²) in [6.45, 7) is 10.5. The standard InChI is InChI=1S/C15H23N3.C7H10N2O.C2H6/c1-5-6-7-14-12(3)16-10-17-15(14)18(4)13-8-11(2)9-13;1-8-6-3-4-9-7(5-6)10-2;1-2/h6-7,10-11,13H,5,8-9H2,1-4H3;3-5H,1-2H3,(H,8,9);1-2H3/b7-6-;;. The highest BCUT2D eigenvalue weighted by Gasteiger charge is 2.30. The van der Waals surface area contributed by atoms with E-state index < -0.39 is 0 Å². The molecule has 0 aliphatic heterocycles. The van der Waals surface area contributed by atoms with Crippen LogP contribution in [-0.4, -0.2) is 42.2 Å². The third-order valence-electron chi connectivity index (χ3n) is 5.05. The van der Waals surface area contributed by atoms with Crippen molar-refractivity contribution in [2.45, 2.75) is 59.9 Å². The summed E-state index contributed by atoms with van der Waals surface area (Å²) in [5, 5.41) is 2.98. The molecule has 1 aliphatic carbocycles. The summed E-state index contributed by atoms with van der Waals surface area (Å²) < 4.78 is 4.91. The Bertz CT molecular complexity index is 753. The number of anilines is 2. The van der Waals surface area contributed by atoms with Crippen molar-refractivity contribution >= 4 is 17.6 Å². The summed E-state index contributed by atoms with van der Waals surface area (Å²) in [6, 6.07) is 4.35. The minimum absolute atomic E-state index is 0.631. The van der Waals surface area contributed by atoms with Gasteiger partial charge < -0.3 is 15.0 Å². The molecule has 166 valence electrons. The Balaban J connectivity index is 0.000000318. The van der Waals surface area contributed by atoms with Crippen molar-refractivity contribution in [3.8, 4) is 5.88 Å². The lowest BCUT2D eigenvalue weighted by Crippen LogP contribution is -2.42. The van der Waals surface area contributed by atoms with E-state index in [2.05, 4.69) is 65.1 Å². The zero-order chi connectivity index (χ0) is 22.5. The van der Waals surface area contributed by atoms with E-state index in [1.807, 2.05) is 33.0 Å². The Morgan fingerprint density at radius 1 is 1.23 bits per heavy atom. The minimum Gasteiger partial charge on any atom is -0.481 e. The molecular weight excluding hydrogens is 374 g/mol. The quantitative estimate of drug-likeness (QED) is 0.665. The van der Waals surface area contributed by atoms with Gasteiger partial charge in [0.1, 0.15) is 12.1 Å². The van der Waals surface area contributed by atoms with Gasteiger partial charge in [-0.05, 0) is 38.2 Å². The average Bonchev–Trinajstić information content (AvgIpc) is 2.77. The number of rotatable bonds is 6. The SMILES string of the molecule is CC.CC/C=C\c1c(C)ncnc1N(C)C1CC(C)C1.CNc1ccnc(OC)c1. The highest BCUT2D eigenvalue weighted by atomic mass is 16.5. The molecule has 30 heavy (non-hydrogen) atoms. The lowest BCUT2D eigenvalue weighted by Gasteiger charge is -2.40. The fraction of sp³-hybridized carbons (Fsp3) is 0.542. The molecule has 1 N–H and O–H groups in total. The zero-order valence-electron chi connectivity index (χ0n) is 19.9. The predicted molar refractivity (Wildman–Crippen MR) is 128 cm³/mol. The van der Waals surface area contributed by atoms with Gasteiger partial charge in [-0.2, -0.15) is 0 Å². The molecule has 0 atom stereocenters. The smallest absolute Gasteiger partial charge is 0.214 e. The summed E-state index contributed by atoms with van der Waals surface area (Å²) in [5.41, 5.74) is 3.23. The second kappa shape index (κ2) is 13.6. The number of allylic oxidation sites excluding steroid dienone is 1. The Hall–Kier alpha value is -2.63. The first-order valence-electron chi connectivity index (χ1n) is 10.9. The zero-order valence-corrected chi connectivity index (χ0v) is 19.9. The number of aryl methyl sites for hydroxylation is 1. The summed E-state index contributed by atoms with van der Waals surface area (Å²) >= 11 is 0. The average molecular weight is 414 g/mol. The van der Waals surface area contributed by atoms with Crippen molar-refractivity contribution in [3.05, 3.63) is 42.0 Å². The molecule has 2 aromatic heterocycles. The van der Waals surface area contributed by atoms with Gasteiger partial charge in [0.2, 0.25) is 5.88 Å². The number of hydrogen-bond acceptors (Lipinski definition) is 6. The first kappa shape index (κ1) is 25.4. The van der Waals surface area contributed by atoms with Crippen LogP contribution in [0.3, 0.4) is 0 Å². The first-order chi connectivity index (χ1) is 14.5. The number of nitrogens with zero attached hydrogens (tertiary/aromatic N) is 4. The topological polar surface area (TPSA) is 63.2 Å². The fourth-order valence-electron chi connectivity index (χ4n) is 3.21. The molecule has 1 aliphatic rings. The van der Waals surface area contributed by atoms with E-state index in [9.17, 15) is 0 Å². The van der Waals surface area contributed by atoms with E-state index >= 15 is 0 Å². The summed E-state index contributed by atoms with van der Waals surface area (Å²) in [6.07, 6.45) is 11.3. The number of hydrogen-bond donors (Lipinski definition) is 1. The fourth-order valence-corrected chi connectivity index (χ4v) is 3.21. The van der Waals surface area contributed by atoms with Gasteiger partial charge in [-0.15, -0.1) is 0 Å². The van der Waals surface area contributed by atoms with Crippen molar-refractivity contribution in [2.24, 2.45) is 5.92 Å². The van der Waals surface area contributed by atoms with E-state index in [0.717, 1.165) is 29.5 Å². The van der Waals surface area contributed by atoms with Gasteiger partial charge in [0.15, 0.2) is 0 Å². The number of nitrogens with one attached hydrogen (secondary N) is 1. The molecule has 2 heterocycles. The Morgan fingerprint density at radius 2 is 1.93 bits per heavy atom. The minimum atomic E-state index is 0.631. The van der Waals surface area contributed by atoms with Gasteiger partial charge in [-0.3, -0.25) is 0 Å². The molecule has 0 aromatic carbocycles. The molecule has 2 aromatic rings. The monoisotopic (exact) mass is 413 g/mol.